The van der Waals surface area contributed by atoms with Gasteiger partial charge in [-0.2, -0.15) is 4.99 Å². The molecule has 1 N–H and O–H groups in total. The van der Waals surface area contributed by atoms with Gasteiger partial charge in [-0.05, 0) is 29.2 Å². The number of hydrogen-bond donors (Lipinski definition) is 1. The van der Waals surface area contributed by atoms with Crippen molar-refractivity contribution in [2.75, 3.05) is 12.4 Å². The molecular formula is C13H16N2O3. The minimum absolute atomic E-state index is 0.124. The van der Waals surface area contributed by atoms with Gasteiger partial charge < -0.3 is 4.74 Å². The molecule has 0 atom stereocenters. The third-order valence-corrected chi connectivity index (χ3v) is 2.39. The van der Waals surface area contributed by atoms with Crippen molar-refractivity contribution >= 4 is 23.5 Å². The zero-order valence-electron chi connectivity index (χ0n) is 10.9. The molecule has 1 aromatic carbocycles. The maximum Gasteiger partial charge on any atom is 0.411 e. The van der Waals surface area contributed by atoms with Crippen LogP contribution in [0, 0.1) is 0 Å². The summed E-state index contributed by atoms with van der Waals surface area (Å²) in [6, 6.07) is 5.19. The van der Waals surface area contributed by atoms with Crippen molar-refractivity contribution in [1.82, 2.24) is 0 Å². The zero-order valence-corrected chi connectivity index (χ0v) is 10.9. The van der Waals surface area contributed by atoms with Gasteiger partial charge >= 0.3 is 6.09 Å². The largest absolute Gasteiger partial charge is 0.453 e. The van der Waals surface area contributed by atoms with Crippen LogP contribution in [0.2, 0.25) is 0 Å². The molecule has 0 saturated heterocycles. The maximum atomic E-state index is 11.2. The van der Waals surface area contributed by atoms with Gasteiger partial charge in [0.15, 0.2) is 0 Å². The molecule has 5 nitrogen and oxygen atoms in total. The number of amides is 1. The summed E-state index contributed by atoms with van der Waals surface area (Å²) in [6.45, 7) is 6.08. The number of hydrogen-bond acceptors (Lipinski definition) is 4. The number of rotatable bonds is 2. The average molecular weight is 248 g/mol. The van der Waals surface area contributed by atoms with Crippen molar-refractivity contribution in [3.63, 3.8) is 0 Å². The Balaban J connectivity index is 3.22. The lowest BCUT2D eigenvalue weighted by Gasteiger charge is -2.20. The van der Waals surface area contributed by atoms with E-state index < -0.39 is 6.09 Å². The Morgan fingerprint density at radius 3 is 2.50 bits per heavy atom. The van der Waals surface area contributed by atoms with Gasteiger partial charge in [0.1, 0.15) is 0 Å². The molecule has 1 aromatic rings. The van der Waals surface area contributed by atoms with E-state index in [9.17, 15) is 9.59 Å². The fourth-order valence-electron chi connectivity index (χ4n) is 1.40. The quantitative estimate of drug-likeness (QED) is 0.645. The van der Waals surface area contributed by atoms with Crippen LogP contribution in [0.3, 0.4) is 0 Å². The molecule has 0 unspecified atom stereocenters. The first-order chi connectivity index (χ1) is 8.36. The molecule has 0 bridgehead atoms. The van der Waals surface area contributed by atoms with Crippen LogP contribution < -0.4 is 5.32 Å². The number of carbonyl (C=O) groups excluding carboxylic acids is 2. The van der Waals surface area contributed by atoms with Crippen LogP contribution in [0.4, 0.5) is 16.2 Å². The fourth-order valence-corrected chi connectivity index (χ4v) is 1.40. The first-order valence-corrected chi connectivity index (χ1v) is 5.45. The average Bonchev–Trinajstić information content (AvgIpc) is 2.27. The molecule has 0 aliphatic heterocycles. The topological polar surface area (TPSA) is 67.8 Å². The minimum atomic E-state index is -0.568. The van der Waals surface area contributed by atoms with Crippen LogP contribution in [-0.4, -0.2) is 19.3 Å². The molecule has 1 amide bonds. The van der Waals surface area contributed by atoms with E-state index in [0.717, 1.165) is 5.56 Å². The predicted octanol–water partition coefficient (Wildman–Crippen LogP) is 3.13. The number of benzene rings is 1. The smallest absolute Gasteiger partial charge is 0.411 e. The van der Waals surface area contributed by atoms with Crippen LogP contribution >= 0.6 is 0 Å². The molecule has 0 heterocycles. The van der Waals surface area contributed by atoms with E-state index in [-0.39, 0.29) is 5.41 Å². The number of aliphatic imine (C=N–C) groups is 1. The number of nitrogens with one attached hydrogen (secondary N) is 1. The van der Waals surface area contributed by atoms with Crippen molar-refractivity contribution in [2.45, 2.75) is 26.2 Å². The molecule has 1 rings (SSSR count). The number of nitrogens with zero attached hydrogens (tertiary/aromatic N) is 1. The van der Waals surface area contributed by atoms with Gasteiger partial charge in [-0.3, -0.25) is 5.32 Å². The molecule has 0 aromatic heterocycles. The Hall–Kier alpha value is -2.13. The van der Waals surface area contributed by atoms with Crippen LogP contribution in [0.25, 0.3) is 0 Å². The summed E-state index contributed by atoms with van der Waals surface area (Å²) < 4.78 is 4.52. The SMILES string of the molecule is COC(=O)Nc1cc(N=C=O)cc(C(C)(C)C)c1. The maximum absolute atomic E-state index is 11.2. The van der Waals surface area contributed by atoms with E-state index >= 15 is 0 Å². The summed E-state index contributed by atoms with van der Waals surface area (Å²) in [7, 11) is 1.29. The van der Waals surface area contributed by atoms with Gasteiger partial charge in [-0.25, -0.2) is 9.59 Å². The molecule has 96 valence electrons. The second-order valence-corrected chi connectivity index (χ2v) is 4.84. The predicted molar refractivity (Wildman–Crippen MR) is 69.0 cm³/mol. The number of anilines is 1. The van der Waals surface area contributed by atoms with Gasteiger partial charge in [0.05, 0.1) is 12.8 Å². The Morgan fingerprint density at radius 1 is 1.33 bits per heavy atom. The Bertz CT molecular complexity index is 497. The number of isocyanates is 1. The summed E-state index contributed by atoms with van der Waals surface area (Å²) in [5.74, 6) is 0. The van der Waals surface area contributed by atoms with E-state index in [1.807, 2.05) is 26.8 Å². The van der Waals surface area contributed by atoms with Crippen LogP contribution in [0.15, 0.2) is 23.2 Å². The molecule has 5 heteroatoms. The molecular weight excluding hydrogens is 232 g/mol. The zero-order chi connectivity index (χ0) is 13.8. The minimum Gasteiger partial charge on any atom is -0.453 e. The lowest BCUT2D eigenvalue weighted by atomic mass is 9.86. The number of ether oxygens (including phenoxy) is 1. The van der Waals surface area contributed by atoms with Crippen LogP contribution in [-0.2, 0) is 14.9 Å². The lowest BCUT2D eigenvalue weighted by molar-refractivity contribution is 0.187. The monoisotopic (exact) mass is 248 g/mol. The lowest BCUT2D eigenvalue weighted by Crippen LogP contribution is -2.14. The van der Waals surface area contributed by atoms with Crippen molar-refractivity contribution in [1.29, 1.82) is 0 Å². The molecule has 0 saturated carbocycles. The summed E-state index contributed by atoms with van der Waals surface area (Å²) in [4.78, 5) is 25.1. The van der Waals surface area contributed by atoms with E-state index in [1.54, 1.807) is 12.1 Å². The molecule has 0 radical (unpaired) electrons. The van der Waals surface area contributed by atoms with Crippen molar-refractivity contribution < 1.29 is 14.3 Å². The molecule has 0 spiro atoms. The summed E-state index contributed by atoms with van der Waals surface area (Å²) in [5, 5.41) is 2.55. The second kappa shape index (κ2) is 5.47. The van der Waals surface area contributed by atoms with Gasteiger partial charge in [0.25, 0.3) is 0 Å². The van der Waals surface area contributed by atoms with Crippen molar-refractivity contribution in [2.24, 2.45) is 4.99 Å². The highest BCUT2D eigenvalue weighted by Crippen LogP contribution is 2.29. The van der Waals surface area contributed by atoms with E-state index in [0.29, 0.717) is 11.4 Å². The number of methoxy groups -OCH3 is 1. The summed E-state index contributed by atoms with van der Waals surface area (Å²) in [5.41, 5.74) is 1.80. The molecule has 0 aliphatic rings. The third-order valence-electron chi connectivity index (χ3n) is 2.39. The third kappa shape index (κ3) is 3.71. The fraction of sp³-hybridized carbons (Fsp3) is 0.385. The van der Waals surface area contributed by atoms with Gasteiger partial charge in [-0.1, -0.05) is 20.8 Å². The van der Waals surface area contributed by atoms with Gasteiger partial charge in [0, 0.05) is 5.69 Å². The van der Waals surface area contributed by atoms with Crippen LogP contribution in [0.5, 0.6) is 0 Å². The highest BCUT2D eigenvalue weighted by atomic mass is 16.5. The Kier molecular flexibility index (Phi) is 4.23. The Labute approximate surface area is 106 Å². The highest BCUT2D eigenvalue weighted by Gasteiger charge is 2.16. The number of carbonyl (C=O) groups is 1. The summed E-state index contributed by atoms with van der Waals surface area (Å²) in [6.07, 6.45) is 0.921. The van der Waals surface area contributed by atoms with E-state index in [2.05, 4.69) is 15.0 Å². The van der Waals surface area contributed by atoms with Gasteiger partial charge in [-0.15, -0.1) is 0 Å². The van der Waals surface area contributed by atoms with Crippen LogP contribution in [0.1, 0.15) is 26.3 Å². The highest BCUT2D eigenvalue weighted by molar-refractivity contribution is 5.85. The first kappa shape index (κ1) is 13.9. The normalized spacial score (nSPS) is 10.4. The summed E-state index contributed by atoms with van der Waals surface area (Å²) >= 11 is 0. The van der Waals surface area contributed by atoms with Crippen molar-refractivity contribution in [3.8, 4) is 0 Å². The standard InChI is InChI=1S/C13H16N2O3/c1-13(2,3)9-5-10(14-8-16)7-11(6-9)15-12(17)18-4/h5-7H,1-4H3,(H,15,17). The Morgan fingerprint density at radius 2 is 2.00 bits per heavy atom. The van der Waals surface area contributed by atoms with E-state index in [4.69, 9.17) is 0 Å². The van der Waals surface area contributed by atoms with Gasteiger partial charge in [0.2, 0.25) is 6.08 Å². The van der Waals surface area contributed by atoms with E-state index in [1.165, 1.54) is 13.2 Å². The molecule has 0 aliphatic carbocycles. The van der Waals surface area contributed by atoms with Crippen molar-refractivity contribution in [3.05, 3.63) is 23.8 Å². The second-order valence-electron chi connectivity index (χ2n) is 4.84. The molecule has 0 fully saturated rings. The first-order valence-electron chi connectivity index (χ1n) is 5.45. The molecule has 18 heavy (non-hydrogen) atoms.